The van der Waals surface area contributed by atoms with Crippen molar-refractivity contribution in [3.63, 3.8) is 0 Å². The standard InChI is InChI=1S/C14H16N4O3/c1-10-3-2-4-11(7-10)5-6-13(19)16-12-8-15-18(17-12)9-14(20)21/h2-4,7-8H,5-6,9H2,1H3,(H,20,21)(H,16,17,19). The number of hydrogen-bond acceptors (Lipinski definition) is 4. The second-order valence-corrected chi connectivity index (χ2v) is 4.69. The van der Waals surface area contributed by atoms with Crippen LogP contribution < -0.4 is 5.32 Å². The number of rotatable bonds is 6. The van der Waals surface area contributed by atoms with E-state index in [2.05, 4.69) is 15.5 Å². The number of carboxylic acids is 1. The lowest BCUT2D eigenvalue weighted by Crippen LogP contribution is -2.14. The van der Waals surface area contributed by atoms with Crippen molar-refractivity contribution in [3.8, 4) is 0 Å². The van der Waals surface area contributed by atoms with E-state index < -0.39 is 5.97 Å². The zero-order valence-electron chi connectivity index (χ0n) is 11.6. The Balaban J connectivity index is 1.84. The number of carbonyl (C=O) groups is 2. The highest BCUT2D eigenvalue weighted by Crippen LogP contribution is 2.08. The summed E-state index contributed by atoms with van der Waals surface area (Å²) in [4.78, 5) is 23.3. The molecule has 2 rings (SSSR count). The Bertz CT molecular complexity index is 651. The first-order valence-corrected chi connectivity index (χ1v) is 6.50. The fourth-order valence-corrected chi connectivity index (χ4v) is 1.88. The van der Waals surface area contributed by atoms with E-state index in [9.17, 15) is 9.59 Å². The van der Waals surface area contributed by atoms with Gasteiger partial charge in [0.05, 0.1) is 6.20 Å². The molecule has 0 saturated carbocycles. The Morgan fingerprint density at radius 2 is 2.19 bits per heavy atom. The third kappa shape index (κ3) is 4.72. The Morgan fingerprint density at radius 1 is 1.38 bits per heavy atom. The first-order valence-electron chi connectivity index (χ1n) is 6.50. The molecule has 0 saturated heterocycles. The first kappa shape index (κ1) is 14.7. The minimum Gasteiger partial charge on any atom is -0.480 e. The van der Waals surface area contributed by atoms with E-state index in [0.29, 0.717) is 12.8 Å². The second kappa shape index (κ2) is 6.65. The molecular formula is C14H16N4O3. The predicted octanol–water partition coefficient (Wildman–Crippen LogP) is 1.24. The molecule has 7 nitrogen and oxygen atoms in total. The first-order chi connectivity index (χ1) is 10.0. The van der Waals surface area contributed by atoms with E-state index in [4.69, 9.17) is 5.11 Å². The SMILES string of the molecule is Cc1cccc(CCC(=O)Nc2cnn(CC(=O)O)n2)c1. The smallest absolute Gasteiger partial charge is 0.327 e. The minimum absolute atomic E-state index is 0.182. The van der Waals surface area contributed by atoms with Gasteiger partial charge in [0.25, 0.3) is 0 Å². The van der Waals surface area contributed by atoms with Crippen molar-refractivity contribution < 1.29 is 14.7 Å². The van der Waals surface area contributed by atoms with Crippen molar-refractivity contribution in [1.29, 1.82) is 0 Å². The Kier molecular flexibility index (Phi) is 4.65. The van der Waals surface area contributed by atoms with Crippen molar-refractivity contribution >= 4 is 17.7 Å². The monoisotopic (exact) mass is 288 g/mol. The van der Waals surface area contributed by atoms with Crippen LogP contribution in [0, 0.1) is 6.92 Å². The zero-order chi connectivity index (χ0) is 15.2. The molecule has 0 spiro atoms. The number of nitrogens with zero attached hydrogens (tertiary/aromatic N) is 3. The third-order valence-corrected chi connectivity index (χ3v) is 2.80. The molecule has 0 aliphatic rings. The van der Waals surface area contributed by atoms with Crippen LogP contribution in [0.25, 0.3) is 0 Å². The molecule has 1 heterocycles. The normalized spacial score (nSPS) is 10.3. The molecule has 0 atom stereocenters. The summed E-state index contributed by atoms with van der Waals surface area (Å²) >= 11 is 0. The van der Waals surface area contributed by atoms with E-state index in [1.54, 1.807) is 0 Å². The minimum atomic E-state index is -1.04. The van der Waals surface area contributed by atoms with Gasteiger partial charge in [-0.05, 0) is 18.9 Å². The van der Waals surface area contributed by atoms with Gasteiger partial charge < -0.3 is 10.4 Å². The van der Waals surface area contributed by atoms with Crippen LogP contribution in [0.2, 0.25) is 0 Å². The summed E-state index contributed by atoms with van der Waals surface area (Å²) in [5.74, 6) is -0.965. The average Bonchev–Trinajstić information content (AvgIpc) is 2.83. The number of amides is 1. The molecule has 0 unspecified atom stereocenters. The molecule has 2 aromatic rings. The Hall–Kier alpha value is -2.70. The van der Waals surface area contributed by atoms with Crippen LogP contribution in [-0.2, 0) is 22.6 Å². The maximum Gasteiger partial charge on any atom is 0.327 e. The van der Waals surface area contributed by atoms with Gasteiger partial charge in [-0.1, -0.05) is 29.8 Å². The van der Waals surface area contributed by atoms with Crippen molar-refractivity contribution in [2.75, 3.05) is 5.32 Å². The number of benzene rings is 1. The van der Waals surface area contributed by atoms with Gasteiger partial charge in [-0.2, -0.15) is 9.90 Å². The third-order valence-electron chi connectivity index (χ3n) is 2.80. The molecule has 7 heteroatoms. The summed E-state index contributed by atoms with van der Waals surface area (Å²) < 4.78 is 0. The van der Waals surface area contributed by atoms with Gasteiger partial charge in [0.15, 0.2) is 12.4 Å². The van der Waals surface area contributed by atoms with Crippen molar-refractivity contribution in [2.45, 2.75) is 26.3 Å². The number of aryl methyl sites for hydroxylation is 2. The Labute approximate surface area is 121 Å². The highest BCUT2D eigenvalue weighted by atomic mass is 16.4. The van der Waals surface area contributed by atoms with E-state index in [0.717, 1.165) is 15.9 Å². The summed E-state index contributed by atoms with van der Waals surface area (Å²) in [6, 6.07) is 7.98. The van der Waals surface area contributed by atoms with E-state index in [1.165, 1.54) is 6.20 Å². The van der Waals surface area contributed by atoms with Gasteiger partial charge in [0.2, 0.25) is 5.91 Å². The van der Waals surface area contributed by atoms with Crippen LogP contribution >= 0.6 is 0 Å². The molecule has 1 aromatic carbocycles. The highest BCUT2D eigenvalue weighted by Gasteiger charge is 2.08. The summed E-state index contributed by atoms with van der Waals surface area (Å²) in [5.41, 5.74) is 2.25. The summed E-state index contributed by atoms with van der Waals surface area (Å²) in [6.07, 6.45) is 2.29. The van der Waals surface area contributed by atoms with Crippen molar-refractivity contribution in [1.82, 2.24) is 15.0 Å². The molecular weight excluding hydrogens is 272 g/mol. The zero-order valence-corrected chi connectivity index (χ0v) is 11.6. The van der Waals surface area contributed by atoms with Crippen LogP contribution in [0.1, 0.15) is 17.5 Å². The molecule has 1 amide bonds. The molecule has 21 heavy (non-hydrogen) atoms. The van der Waals surface area contributed by atoms with Gasteiger partial charge in [0.1, 0.15) is 0 Å². The number of aromatic nitrogens is 3. The number of nitrogens with one attached hydrogen (secondary N) is 1. The maximum atomic E-state index is 11.8. The molecule has 0 radical (unpaired) electrons. The van der Waals surface area contributed by atoms with Gasteiger partial charge >= 0.3 is 5.97 Å². The molecule has 110 valence electrons. The number of anilines is 1. The molecule has 0 aliphatic carbocycles. The highest BCUT2D eigenvalue weighted by molar-refractivity contribution is 5.89. The number of hydrogen-bond donors (Lipinski definition) is 2. The fraction of sp³-hybridized carbons (Fsp3) is 0.286. The van der Waals surface area contributed by atoms with Crippen LogP contribution in [0.3, 0.4) is 0 Å². The quantitative estimate of drug-likeness (QED) is 0.833. The van der Waals surface area contributed by atoms with Gasteiger partial charge in [-0.25, -0.2) is 0 Å². The molecule has 2 N–H and O–H groups in total. The fourth-order valence-electron chi connectivity index (χ4n) is 1.88. The van der Waals surface area contributed by atoms with Crippen LogP contribution in [0.5, 0.6) is 0 Å². The van der Waals surface area contributed by atoms with Crippen molar-refractivity contribution in [2.24, 2.45) is 0 Å². The van der Waals surface area contributed by atoms with Gasteiger partial charge in [-0.15, -0.1) is 5.10 Å². The second-order valence-electron chi connectivity index (χ2n) is 4.69. The summed E-state index contributed by atoms with van der Waals surface area (Å²) in [7, 11) is 0. The van der Waals surface area contributed by atoms with Crippen LogP contribution in [-0.4, -0.2) is 32.0 Å². The molecule has 0 bridgehead atoms. The lowest BCUT2D eigenvalue weighted by atomic mass is 10.1. The lowest BCUT2D eigenvalue weighted by molar-refractivity contribution is -0.138. The molecule has 1 aromatic heterocycles. The predicted molar refractivity (Wildman–Crippen MR) is 75.8 cm³/mol. The van der Waals surface area contributed by atoms with Gasteiger partial charge in [-0.3, -0.25) is 9.59 Å². The summed E-state index contributed by atoms with van der Waals surface area (Å²) in [5, 5.41) is 18.8. The number of aliphatic carboxylic acids is 1. The maximum absolute atomic E-state index is 11.8. The van der Waals surface area contributed by atoms with Crippen LogP contribution in [0.4, 0.5) is 5.82 Å². The van der Waals surface area contributed by atoms with Gasteiger partial charge in [0, 0.05) is 6.42 Å². The van der Waals surface area contributed by atoms with E-state index in [-0.39, 0.29) is 18.3 Å². The summed E-state index contributed by atoms with van der Waals surface area (Å²) in [6.45, 7) is 1.67. The molecule has 0 fully saturated rings. The number of carbonyl (C=O) groups excluding carboxylic acids is 1. The largest absolute Gasteiger partial charge is 0.480 e. The Morgan fingerprint density at radius 3 is 2.90 bits per heavy atom. The lowest BCUT2D eigenvalue weighted by Gasteiger charge is -2.03. The average molecular weight is 288 g/mol. The number of carboxylic acid groups (broad SMARTS) is 1. The van der Waals surface area contributed by atoms with E-state index >= 15 is 0 Å². The molecule has 0 aliphatic heterocycles. The van der Waals surface area contributed by atoms with E-state index in [1.807, 2.05) is 31.2 Å². The van der Waals surface area contributed by atoms with Crippen molar-refractivity contribution in [3.05, 3.63) is 41.6 Å². The van der Waals surface area contributed by atoms with Crippen LogP contribution in [0.15, 0.2) is 30.5 Å². The topological polar surface area (TPSA) is 97.1 Å².